The van der Waals surface area contributed by atoms with Gasteiger partial charge in [-0.1, -0.05) is 96.5 Å². The molecule has 0 bridgehead atoms. The number of methoxy groups -OCH3 is 1. The minimum atomic E-state index is -1.02. The van der Waals surface area contributed by atoms with Crippen molar-refractivity contribution in [1.29, 1.82) is 0 Å². The Kier molecular flexibility index (Phi) is 12.8. The van der Waals surface area contributed by atoms with Crippen molar-refractivity contribution in [3.05, 3.63) is 59.7 Å². The molecule has 0 heterocycles. The summed E-state index contributed by atoms with van der Waals surface area (Å²) in [6.07, 6.45) is -0.926. The lowest BCUT2D eigenvalue weighted by atomic mass is 9.90. The highest BCUT2D eigenvalue weighted by Gasteiger charge is 2.40. The molecule has 10 nitrogen and oxygen atoms in total. The third-order valence-corrected chi connectivity index (χ3v) is 9.25. The molecule has 252 valence electrons. The van der Waals surface area contributed by atoms with Gasteiger partial charge in [-0.2, -0.15) is 0 Å². The monoisotopic (exact) mass is 637 g/mol. The summed E-state index contributed by atoms with van der Waals surface area (Å²) in [5.41, 5.74) is 4.43. The molecule has 0 spiro atoms. The minimum absolute atomic E-state index is 0.0649. The third kappa shape index (κ3) is 8.07. The van der Waals surface area contributed by atoms with Crippen molar-refractivity contribution in [3.63, 3.8) is 0 Å². The van der Waals surface area contributed by atoms with Crippen LogP contribution in [0.15, 0.2) is 48.5 Å². The second-order valence-electron chi connectivity index (χ2n) is 13.0. The maximum Gasteiger partial charge on any atom is 0.410 e. The summed E-state index contributed by atoms with van der Waals surface area (Å²) in [5.74, 6) is -2.61. The van der Waals surface area contributed by atoms with Crippen LogP contribution in [0.2, 0.25) is 0 Å². The second-order valence-corrected chi connectivity index (χ2v) is 13.0. The zero-order chi connectivity index (χ0) is 34.3. The van der Waals surface area contributed by atoms with E-state index in [0.717, 1.165) is 22.3 Å². The number of fused-ring (bicyclic) bond motifs is 3. The maximum absolute atomic E-state index is 13.9. The van der Waals surface area contributed by atoms with E-state index in [1.54, 1.807) is 7.05 Å². The van der Waals surface area contributed by atoms with Gasteiger partial charge >= 0.3 is 12.1 Å². The smallest absolute Gasteiger partial charge is 0.410 e. The van der Waals surface area contributed by atoms with Crippen LogP contribution in [0.1, 0.15) is 71.4 Å². The lowest BCUT2D eigenvalue weighted by Crippen LogP contribution is -2.60. The van der Waals surface area contributed by atoms with Crippen LogP contribution in [-0.2, 0) is 23.9 Å². The van der Waals surface area contributed by atoms with Gasteiger partial charge in [0, 0.05) is 27.1 Å². The third-order valence-electron chi connectivity index (χ3n) is 9.25. The summed E-state index contributed by atoms with van der Waals surface area (Å²) in [4.78, 5) is 55.6. The molecule has 0 aliphatic heterocycles. The number of likely N-dealkylation sites (N-methyl/N-ethyl adjacent to an activating group) is 2. The SMILES string of the molecule is CC[C@H](C)C([C@@H](CC(=O)O)OC)N(C)C(=O)[C@@H](NC(=O)[C@H](C(C)C)N(C)C(=O)OCC1c2ccccc2-c2ccccc21)C(C)C. The first kappa shape index (κ1) is 36.5. The summed E-state index contributed by atoms with van der Waals surface area (Å²) in [6, 6.07) is 13.8. The average Bonchev–Trinajstić information content (AvgIpc) is 3.34. The molecular weight excluding hydrogens is 586 g/mol. The Hall–Kier alpha value is -3.92. The normalized spacial score (nSPS) is 15.7. The van der Waals surface area contributed by atoms with Crippen molar-refractivity contribution in [1.82, 2.24) is 15.1 Å². The van der Waals surface area contributed by atoms with Crippen molar-refractivity contribution in [2.75, 3.05) is 27.8 Å². The number of benzene rings is 2. The molecule has 1 unspecified atom stereocenters. The lowest BCUT2D eigenvalue weighted by Gasteiger charge is -2.40. The molecular formula is C36H51N3O7. The topological polar surface area (TPSA) is 125 Å². The molecule has 0 saturated heterocycles. The van der Waals surface area contributed by atoms with E-state index in [1.165, 1.54) is 24.0 Å². The number of ether oxygens (including phenoxy) is 2. The molecule has 5 atom stereocenters. The number of hydrogen-bond acceptors (Lipinski definition) is 6. The van der Waals surface area contributed by atoms with Crippen LogP contribution in [0, 0.1) is 17.8 Å². The van der Waals surface area contributed by atoms with E-state index < -0.39 is 42.2 Å². The number of nitrogens with zero attached hydrogens (tertiary/aromatic N) is 2. The molecule has 0 saturated carbocycles. The molecule has 0 fully saturated rings. The average molecular weight is 638 g/mol. The van der Waals surface area contributed by atoms with Crippen molar-refractivity contribution in [2.45, 2.75) is 84.5 Å². The van der Waals surface area contributed by atoms with E-state index in [1.807, 2.05) is 77.9 Å². The van der Waals surface area contributed by atoms with E-state index >= 15 is 0 Å². The number of rotatable bonds is 15. The van der Waals surface area contributed by atoms with Gasteiger partial charge in [0.15, 0.2) is 0 Å². The van der Waals surface area contributed by atoms with Crippen molar-refractivity contribution in [3.8, 4) is 11.1 Å². The number of carbonyl (C=O) groups is 4. The summed E-state index contributed by atoms with van der Waals surface area (Å²) >= 11 is 0. The summed E-state index contributed by atoms with van der Waals surface area (Å²) < 4.78 is 11.4. The zero-order valence-corrected chi connectivity index (χ0v) is 28.7. The largest absolute Gasteiger partial charge is 0.481 e. The van der Waals surface area contributed by atoms with Crippen molar-refractivity contribution < 1.29 is 33.8 Å². The molecule has 3 rings (SSSR count). The fourth-order valence-corrected chi connectivity index (χ4v) is 6.61. The van der Waals surface area contributed by atoms with Crippen LogP contribution in [0.3, 0.4) is 0 Å². The van der Waals surface area contributed by atoms with Gasteiger partial charge in [-0.15, -0.1) is 0 Å². The van der Waals surface area contributed by atoms with E-state index in [-0.39, 0.29) is 42.6 Å². The van der Waals surface area contributed by atoms with Gasteiger partial charge in [0.2, 0.25) is 11.8 Å². The van der Waals surface area contributed by atoms with E-state index in [9.17, 15) is 24.3 Å². The van der Waals surface area contributed by atoms with Gasteiger partial charge in [0.25, 0.3) is 0 Å². The Bertz CT molecular complexity index is 1330. The molecule has 2 aromatic rings. The molecule has 0 aromatic heterocycles. The number of aliphatic carboxylic acids is 1. The van der Waals surface area contributed by atoms with Crippen molar-refractivity contribution >= 4 is 23.9 Å². The van der Waals surface area contributed by atoms with Gasteiger partial charge in [-0.3, -0.25) is 19.3 Å². The first-order chi connectivity index (χ1) is 21.7. The van der Waals surface area contributed by atoms with Gasteiger partial charge in [0.1, 0.15) is 18.7 Å². The Morgan fingerprint density at radius 1 is 0.870 bits per heavy atom. The first-order valence-corrected chi connectivity index (χ1v) is 16.1. The van der Waals surface area contributed by atoms with Gasteiger partial charge in [-0.05, 0) is 40.0 Å². The summed E-state index contributed by atoms with van der Waals surface area (Å²) in [6.45, 7) is 11.4. The number of carboxylic acid groups (broad SMARTS) is 1. The molecule has 0 radical (unpaired) electrons. The molecule has 2 N–H and O–H groups in total. The second kappa shape index (κ2) is 16.1. The summed E-state index contributed by atoms with van der Waals surface area (Å²) in [5, 5.41) is 12.4. The molecule has 46 heavy (non-hydrogen) atoms. The van der Waals surface area contributed by atoms with Crippen LogP contribution < -0.4 is 5.32 Å². The number of carbonyl (C=O) groups excluding carboxylic acids is 3. The minimum Gasteiger partial charge on any atom is -0.481 e. The highest BCUT2D eigenvalue weighted by atomic mass is 16.6. The Morgan fingerprint density at radius 2 is 1.41 bits per heavy atom. The predicted octanol–water partition coefficient (Wildman–Crippen LogP) is 5.40. The number of nitrogens with one attached hydrogen (secondary N) is 1. The first-order valence-electron chi connectivity index (χ1n) is 16.1. The molecule has 1 aliphatic rings. The summed E-state index contributed by atoms with van der Waals surface area (Å²) in [7, 11) is 4.60. The van der Waals surface area contributed by atoms with E-state index in [2.05, 4.69) is 17.4 Å². The highest BCUT2D eigenvalue weighted by molar-refractivity contribution is 5.91. The fraction of sp³-hybridized carbons (Fsp3) is 0.556. The van der Waals surface area contributed by atoms with Gasteiger partial charge in [0.05, 0.1) is 18.6 Å². The fourth-order valence-electron chi connectivity index (χ4n) is 6.61. The van der Waals surface area contributed by atoms with Gasteiger partial charge < -0.3 is 24.8 Å². The van der Waals surface area contributed by atoms with Crippen LogP contribution in [0.5, 0.6) is 0 Å². The van der Waals surface area contributed by atoms with Crippen molar-refractivity contribution in [2.24, 2.45) is 17.8 Å². The van der Waals surface area contributed by atoms with Crippen LogP contribution >= 0.6 is 0 Å². The lowest BCUT2D eigenvalue weighted by molar-refractivity contribution is -0.148. The quantitative estimate of drug-likeness (QED) is 0.268. The number of amides is 3. The Morgan fingerprint density at radius 3 is 1.87 bits per heavy atom. The van der Waals surface area contributed by atoms with Crippen LogP contribution in [0.4, 0.5) is 4.79 Å². The van der Waals surface area contributed by atoms with Gasteiger partial charge in [-0.25, -0.2) is 4.79 Å². The van der Waals surface area contributed by atoms with Crippen LogP contribution in [-0.4, -0.2) is 90.8 Å². The number of hydrogen-bond donors (Lipinski definition) is 2. The van der Waals surface area contributed by atoms with E-state index in [4.69, 9.17) is 9.47 Å². The van der Waals surface area contributed by atoms with E-state index in [0.29, 0.717) is 6.42 Å². The highest BCUT2D eigenvalue weighted by Crippen LogP contribution is 2.44. The molecule has 3 amide bonds. The standard InChI is InChI=1S/C36H51N3O7/c1-10-23(6)33(29(45-9)19-30(40)41)38(7)35(43)31(21(2)3)37-34(42)32(22(4)5)39(8)36(44)46-20-28-26-17-13-11-15-24(26)25-16-12-14-18-27(25)28/h11-18,21-23,28-29,31-33H,10,19-20H2,1-9H3,(H,37,42)(H,40,41)/t23-,29+,31-,32-,33?/m0/s1. The van der Waals surface area contributed by atoms with Crippen LogP contribution in [0.25, 0.3) is 11.1 Å². The maximum atomic E-state index is 13.9. The number of carboxylic acids is 1. The Labute approximate surface area is 273 Å². The molecule has 1 aliphatic carbocycles. The molecule has 10 heteroatoms. The Balaban J connectivity index is 1.76. The predicted molar refractivity (Wildman–Crippen MR) is 177 cm³/mol. The molecule has 2 aromatic carbocycles. The zero-order valence-electron chi connectivity index (χ0n) is 28.7.